The van der Waals surface area contributed by atoms with Crippen molar-refractivity contribution in [1.82, 2.24) is 0 Å². The van der Waals surface area contributed by atoms with Crippen molar-refractivity contribution in [2.24, 2.45) is 0 Å². The van der Waals surface area contributed by atoms with Gasteiger partial charge in [-0.05, 0) is 52.0 Å². The maximum absolute atomic E-state index is 6.41. The van der Waals surface area contributed by atoms with Crippen LogP contribution in [0.5, 0.6) is 0 Å². The molecule has 0 amide bonds. The van der Waals surface area contributed by atoms with E-state index in [2.05, 4.69) is 48.6 Å². The van der Waals surface area contributed by atoms with E-state index in [1.807, 2.05) is 0 Å². The van der Waals surface area contributed by atoms with Crippen molar-refractivity contribution in [2.75, 3.05) is 0 Å². The molecule has 94 valence electrons. The zero-order chi connectivity index (χ0) is 12.8. The van der Waals surface area contributed by atoms with E-state index < -0.39 is 0 Å². The average molecular weight is 267 g/mol. The highest BCUT2D eigenvalue weighted by Gasteiger charge is 2.25. The fourth-order valence-electron chi connectivity index (χ4n) is 3.42. The average Bonchev–Trinajstić information content (AvgIpc) is 2.47. The number of allylic oxidation sites excluding steroid dienone is 6. The standard InChI is InChI=1S/C18H15Cl/c19-18-7-3-6-14-16-9-8-12-4-1-2-5-13(12)15(16)10-11-17(14)18/h1-5,7-8,11,18H,6,9-10H2. The molecule has 0 saturated carbocycles. The molecule has 0 fully saturated rings. The van der Waals surface area contributed by atoms with Crippen LogP contribution in [0.2, 0.25) is 0 Å². The van der Waals surface area contributed by atoms with Crippen molar-refractivity contribution >= 4 is 23.3 Å². The van der Waals surface area contributed by atoms with Crippen LogP contribution in [0.3, 0.4) is 0 Å². The lowest BCUT2D eigenvalue weighted by atomic mass is 9.78. The Morgan fingerprint density at radius 3 is 2.68 bits per heavy atom. The van der Waals surface area contributed by atoms with E-state index >= 15 is 0 Å². The summed E-state index contributed by atoms with van der Waals surface area (Å²) < 4.78 is 0. The minimum absolute atomic E-state index is 0.0648. The number of hydrogen-bond donors (Lipinski definition) is 0. The van der Waals surface area contributed by atoms with E-state index in [0.717, 1.165) is 19.3 Å². The van der Waals surface area contributed by atoms with Crippen LogP contribution in [-0.4, -0.2) is 5.38 Å². The summed E-state index contributed by atoms with van der Waals surface area (Å²) >= 11 is 6.41. The second kappa shape index (κ2) is 4.25. The number of hydrogen-bond acceptors (Lipinski definition) is 0. The van der Waals surface area contributed by atoms with E-state index in [0.29, 0.717) is 0 Å². The number of fused-ring (bicyclic) bond motifs is 3. The highest BCUT2D eigenvalue weighted by atomic mass is 35.5. The Labute approximate surface area is 118 Å². The van der Waals surface area contributed by atoms with Gasteiger partial charge in [0.15, 0.2) is 0 Å². The highest BCUT2D eigenvalue weighted by Crippen LogP contribution is 2.40. The third kappa shape index (κ3) is 1.67. The van der Waals surface area contributed by atoms with Crippen LogP contribution in [0.1, 0.15) is 19.3 Å². The van der Waals surface area contributed by atoms with Crippen molar-refractivity contribution in [2.45, 2.75) is 24.6 Å². The number of rotatable bonds is 0. The minimum Gasteiger partial charge on any atom is -0.113 e. The molecule has 4 rings (SSSR count). The summed E-state index contributed by atoms with van der Waals surface area (Å²) in [5, 5.41) is 2.86. The van der Waals surface area contributed by atoms with Crippen LogP contribution < -0.4 is 10.4 Å². The van der Waals surface area contributed by atoms with Crippen LogP contribution in [-0.2, 0) is 0 Å². The lowest BCUT2D eigenvalue weighted by Gasteiger charge is -2.29. The summed E-state index contributed by atoms with van der Waals surface area (Å²) in [4.78, 5) is 0. The van der Waals surface area contributed by atoms with Gasteiger partial charge in [0.05, 0.1) is 5.38 Å². The molecular weight excluding hydrogens is 252 g/mol. The Bertz CT molecular complexity index is 759. The Hall–Kier alpha value is -1.53. The molecule has 1 unspecified atom stereocenters. The van der Waals surface area contributed by atoms with Crippen molar-refractivity contribution < 1.29 is 0 Å². The number of benzene rings is 1. The van der Waals surface area contributed by atoms with Crippen molar-refractivity contribution in [1.29, 1.82) is 0 Å². The summed E-state index contributed by atoms with van der Waals surface area (Å²) in [7, 11) is 0. The molecule has 0 nitrogen and oxygen atoms in total. The molecule has 0 aliphatic heterocycles. The second-order valence-electron chi connectivity index (χ2n) is 5.33. The molecule has 1 heteroatoms. The van der Waals surface area contributed by atoms with Crippen molar-refractivity contribution in [3.05, 3.63) is 69.7 Å². The van der Waals surface area contributed by atoms with Gasteiger partial charge in [0.2, 0.25) is 0 Å². The highest BCUT2D eigenvalue weighted by molar-refractivity contribution is 6.24. The van der Waals surface area contributed by atoms with Gasteiger partial charge < -0.3 is 0 Å². The van der Waals surface area contributed by atoms with E-state index in [4.69, 9.17) is 11.6 Å². The first-order valence-electron chi connectivity index (χ1n) is 6.86. The zero-order valence-corrected chi connectivity index (χ0v) is 11.5. The van der Waals surface area contributed by atoms with E-state index in [9.17, 15) is 0 Å². The number of halogens is 1. The summed E-state index contributed by atoms with van der Waals surface area (Å²) in [5.41, 5.74) is 5.84. The van der Waals surface area contributed by atoms with Crippen LogP contribution in [0.15, 0.2) is 59.2 Å². The first kappa shape index (κ1) is 11.3. The van der Waals surface area contributed by atoms with Gasteiger partial charge in [-0.3, -0.25) is 0 Å². The van der Waals surface area contributed by atoms with Crippen LogP contribution in [0.4, 0.5) is 0 Å². The second-order valence-corrected chi connectivity index (χ2v) is 5.80. The van der Waals surface area contributed by atoms with Crippen LogP contribution in [0, 0.1) is 0 Å². The lowest BCUT2D eigenvalue weighted by Crippen LogP contribution is -2.31. The molecule has 1 atom stereocenters. The normalized spacial score (nSPS) is 24.2. The SMILES string of the molecule is ClC1C=CCC2=C3CC=c4ccccc4=C3CC=C21. The Kier molecular flexibility index (Phi) is 2.53. The Morgan fingerprint density at radius 1 is 0.895 bits per heavy atom. The predicted octanol–water partition coefficient (Wildman–Crippen LogP) is 3.22. The van der Waals surface area contributed by atoms with Gasteiger partial charge in [-0.15, -0.1) is 11.6 Å². The molecule has 0 spiro atoms. The van der Waals surface area contributed by atoms with Crippen LogP contribution in [0.25, 0.3) is 11.6 Å². The first-order valence-corrected chi connectivity index (χ1v) is 7.30. The van der Waals surface area contributed by atoms with Gasteiger partial charge in [0, 0.05) is 0 Å². The largest absolute Gasteiger partial charge is 0.113 e. The molecule has 0 heterocycles. The third-order valence-electron chi connectivity index (χ3n) is 4.34. The smallest absolute Gasteiger partial charge is 0.0766 e. The lowest BCUT2D eigenvalue weighted by molar-refractivity contribution is 1.00. The quantitative estimate of drug-likeness (QED) is 0.500. The predicted molar refractivity (Wildman–Crippen MR) is 81.3 cm³/mol. The maximum atomic E-state index is 6.41. The summed E-state index contributed by atoms with van der Waals surface area (Å²) in [6, 6.07) is 8.72. The summed E-state index contributed by atoms with van der Waals surface area (Å²) in [6.45, 7) is 0. The molecule has 0 aromatic heterocycles. The molecule has 0 N–H and O–H groups in total. The van der Waals surface area contributed by atoms with Gasteiger partial charge in [-0.1, -0.05) is 48.6 Å². The molecular formula is C18H15Cl. The zero-order valence-electron chi connectivity index (χ0n) is 10.7. The van der Waals surface area contributed by atoms with E-state index in [-0.39, 0.29) is 5.38 Å². The van der Waals surface area contributed by atoms with Crippen molar-refractivity contribution in [3.8, 4) is 0 Å². The fraction of sp³-hybridized carbons (Fsp3) is 0.222. The van der Waals surface area contributed by atoms with Crippen molar-refractivity contribution in [3.63, 3.8) is 0 Å². The molecule has 1 aromatic carbocycles. The Morgan fingerprint density at radius 2 is 1.74 bits per heavy atom. The molecule has 0 radical (unpaired) electrons. The third-order valence-corrected chi connectivity index (χ3v) is 4.72. The van der Waals surface area contributed by atoms with Gasteiger partial charge in [0.25, 0.3) is 0 Å². The van der Waals surface area contributed by atoms with Gasteiger partial charge >= 0.3 is 0 Å². The molecule has 0 saturated heterocycles. The first-order chi connectivity index (χ1) is 9.34. The van der Waals surface area contributed by atoms with E-state index in [1.54, 1.807) is 0 Å². The van der Waals surface area contributed by atoms with Crippen LogP contribution >= 0.6 is 11.6 Å². The Balaban J connectivity index is 2.01. The molecule has 0 bridgehead atoms. The molecule has 3 aliphatic carbocycles. The van der Waals surface area contributed by atoms with Gasteiger partial charge in [-0.25, -0.2) is 0 Å². The topological polar surface area (TPSA) is 0 Å². The summed E-state index contributed by atoms with van der Waals surface area (Å²) in [6.07, 6.45) is 12.1. The summed E-state index contributed by atoms with van der Waals surface area (Å²) in [5.74, 6) is 0. The minimum atomic E-state index is 0.0648. The molecule has 3 aliphatic rings. The monoisotopic (exact) mass is 266 g/mol. The molecule has 19 heavy (non-hydrogen) atoms. The van der Waals surface area contributed by atoms with E-state index in [1.165, 1.54) is 32.7 Å². The fourth-order valence-corrected chi connectivity index (χ4v) is 3.75. The maximum Gasteiger partial charge on any atom is 0.0766 e. The van der Waals surface area contributed by atoms with Gasteiger partial charge in [-0.2, -0.15) is 0 Å². The number of alkyl halides is 1. The molecule has 1 aromatic rings. The van der Waals surface area contributed by atoms with Gasteiger partial charge in [0.1, 0.15) is 0 Å².